The van der Waals surface area contributed by atoms with Crippen LogP contribution in [0.2, 0.25) is 0 Å². The molecule has 0 aliphatic rings. The average Bonchev–Trinajstić information content (AvgIpc) is 3.12. The van der Waals surface area contributed by atoms with E-state index in [4.69, 9.17) is 0 Å². The van der Waals surface area contributed by atoms with Gasteiger partial charge in [-0.05, 0) is 30.2 Å². The Labute approximate surface area is 164 Å². The van der Waals surface area contributed by atoms with E-state index >= 15 is 0 Å². The van der Waals surface area contributed by atoms with Gasteiger partial charge in [-0.3, -0.25) is 9.48 Å². The van der Waals surface area contributed by atoms with Crippen LogP contribution in [0.4, 0.5) is 5.69 Å². The number of aromatic nitrogens is 2. The molecule has 0 saturated heterocycles. The molecule has 146 valence electrons. The highest BCUT2D eigenvalue weighted by atomic mass is 32.2. The molecule has 0 aliphatic heterocycles. The maximum atomic E-state index is 12.5. The van der Waals surface area contributed by atoms with Crippen LogP contribution in [-0.4, -0.2) is 42.5 Å². The van der Waals surface area contributed by atoms with E-state index in [0.717, 1.165) is 9.87 Å². The number of hydrogen-bond acceptors (Lipinski definition) is 4. The summed E-state index contributed by atoms with van der Waals surface area (Å²) in [6.07, 6.45) is 3.15. The van der Waals surface area contributed by atoms with Crippen LogP contribution in [-0.2, 0) is 16.6 Å². The molecule has 0 spiro atoms. The van der Waals surface area contributed by atoms with Crippen LogP contribution in [0.1, 0.15) is 21.5 Å². The van der Waals surface area contributed by atoms with Crippen LogP contribution >= 0.6 is 0 Å². The Bertz CT molecular complexity index is 1090. The van der Waals surface area contributed by atoms with Crippen LogP contribution in [0.3, 0.4) is 0 Å². The molecular weight excluding hydrogens is 376 g/mol. The van der Waals surface area contributed by atoms with Crippen LogP contribution in [0.5, 0.6) is 0 Å². The van der Waals surface area contributed by atoms with E-state index in [1.54, 1.807) is 29.9 Å². The molecule has 28 heavy (non-hydrogen) atoms. The standard InChI is InChI=1S/C20H22N4O3S/c1-15-9-10-18(11-19(15)28(26,27)23(2)3)22-20(25)17-12-21-24(14-17)13-16-7-5-4-6-8-16/h4-12,14H,13H2,1-3H3,(H,22,25). The number of benzene rings is 2. The first kappa shape index (κ1) is 19.8. The first-order valence-electron chi connectivity index (χ1n) is 8.68. The van der Waals surface area contributed by atoms with E-state index in [9.17, 15) is 13.2 Å². The van der Waals surface area contributed by atoms with E-state index in [1.165, 1.54) is 26.4 Å². The number of rotatable bonds is 6. The fourth-order valence-corrected chi connectivity index (χ4v) is 3.84. The van der Waals surface area contributed by atoms with Crippen molar-refractivity contribution in [2.75, 3.05) is 19.4 Å². The van der Waals surface area contributed by atoms with Crippen molar-refractivity contribution in [1.29, 1.82) is 0 Å². The smallest absolute Gasteiger partial charge is 0.258 e. The minimum Gasteiger partial charge on any atom is -0.322 e. The Morgan fingerprint density at radius 2 is 1.86 bits per heavy atom. The van der Waals surface area contributed by atoms with E-state index in [-0.39, 0.29) is 10.8 Å². The van der Waals surface area contributed by atoms with E-state index in [2.05, 4.69) is 10.4 Å². The lowest BCUT2D eigenvalue weighted by atomic mass is 10.2. The summed E-state index contributed by atoms with van der Waals surface area (Å²) in [7, 11) is -0.649. The van der Waals surface area contributed by atoms with E-state index in [0.29, 0.717) is 23.4 Å². The molecule has 1 aromatic heterocycles. The predicted octanol–water partition coefficient (Wildman–Crippen LogP) is 2.74. The SMILES string of the molecule is Cc1ccc(NC(=O)c2cnn(Cc3ccccc3)c2)cc1S(=O)(=O)N(C)C. The number of anilines is 1. The van der Waals surface area contributed by atoms with Crippen molar-refractivity contribution >= 4 is 21.6 Å². The third-order valence-electron chi connectivity index (χ3n) is 4.29. The van der Waals surface area contributed by atoms with E-state index < -0.39 is 10.0 Å². The van der Waals surface area contributed by atoms with Crippen molar-refractivity contribution in [3.8, 4) is 0 Å². The van der Waals surface area contributed by atoms with Gasteiger partial charge in [0.25, 0.3) is 5.91 Å². The highest BCUT2D eigenvalue weighted by Gasteiger charge is 2.20. The Morgan fingerprint density at radius 3 is 2.54 bits per heavy atom. The van der Waals surface area contributed by atoms with Gasteiger partial charge in [0.1, 0.15) is 0 Å². The van der Waals surface area contributed by atoms with Gasteiger partial charge in [0.15, 0.2) is 0 Å². The summed E-state index contributed by atoms with van der Waals surface area (Å²) in [5.74, 6) is -0.351. The molecule has 7 nitrogen and oxygen atoms in total. The molecule has 0 saturated carbocycles. The number of carbonyl (C=O) groups is 1. The van der Waals surface area contributed by atoms with Crippen LogP contribution < -0.4 is 5.32 Å². The number of carbonyl (C=O) groups excluding carboxylic acids is 1. The molecule has 0 fully saturated rings. The van der Waals surface area contributed by atoms with Crippen LogP contribution in [0, 0.1) is 6.92 Å². The second kappa shape index (κ2) is 7.95. The molecule has 0 radical (unpaired) electrons. The number of sulfonamides is 1. The molecule has 1 N–H and O–H groups in total. The number of amides is 1. The van der Waals surface area contributed by atoms with Gasteiger partial charge in [-0.2, -0.15) is 5.10 Å². The van der Waals surface area contributed by atoms with Crippen LogP contribution in [0.15, 0.2) is 65.8 Å². The largest absolute Gasteiger partial charge is 0.322 e. The molecule has 3 aromatic rings. The molecule has 2 aromatic carbocycles. The van der Waals surface area contributed by atoms with Gasteiger partial charge in [-0.15, -0.1) is 0 Å². The molecule has 1 heterocycles. The Morgan fingerprint density at radius 1 is 1.14 bits per heavy atom. The third-order valence-corrected chi connectivity index (χ3v) is 6.24. The fraction of sp³-hybridized carbons (Fsp3) is 0.200. The first-order valence-corrected chi connectivity index (χ1v) is 10.1. The zero-order valence-electron chi connectivity index (χ0n) is 16.0. The average molecular weight is 398 g/mol. The van der Waals surface area contributed by atoms with Crippen molar-refractivity contribution < 1.29 is 13.2 Å². The lowest BCUT2D eigenvalue weighted by molar-refractivity contribution is 0.102. The summed E-state index contributed by atoms with van der Waals surface area (Å²) in [4.78, 5) is 12.7. The van der Waals surface area contributed by atoms with Gasteiger partial charge >= 0.3 is 0 Å². The van der Waals surface area contributed by atoms with Gasteiger partial charge in [-0.1, -0.05) is 36.4 Å². The first-order chi connectivity index (χ1) is 13.3. The van der Waals surface area contributed by atoms with Crippen molar-refractivity contribution in [2.45, 2.75) is 18.4 Å². The maximum Gasteiger partial charge on any atom is 0.258 e. The van der Waals surface area contributed by atoms with Gasteiger partial charge in [0.2, 0.25) is 10.0 Å². The lowest BCUT2D eigenvalue weighted by Crippen LogP contribution is -2.23. The van der Waals surface area contributed by atoms with Crippen molar-refractivity contribution in [2.24, 2.45) is 0 Å². The molecule has 0 unspecified atom stereocenters. The molecule has 8 heteroatoms. The summed E-state index contributed by atoms with van der Waals surface area (Å²) < 4.78 is 27.7. The number of aryl methyl sites for hydroxylation is 1. The second-order valence-corrected chi connectivity index (χ2v) is 8.75. The summed E-state index contributed by atoms with van der Waals surface area (Å²) in [6.45, 7) is 2.28. The van der Waals surface area contributed by atoms with Gasteiger partial charge in [0, 0.05) is 26.0 Å². The molecule has 0 atom stereocenters. The highest BCUT2D eigenvalue weighted by Crippen LogP contribution is 2.22. The minimum absolute atomic E-state index is 0.162. The molecule has 3 rings (SSSR count). The molecular formula is C20H22N4O3S. The van der Waals surface area contributed by atoms with Crippen molar-refractivity contribution in [3.05, 3.63) is 77.6 Å². The van der Waals surface area contributed by atoms with Gasteiger partial charge in [-0.25, -0.2) is 12.7 Å². The number of nitrogens with zero attached hydrogens (tertiary/aromatic N) is 3. The quantitative estimate of drug-likeness (QED) is 0.692. The van der Waals surface area contributed by atoms with Crippen LogP contribution in [0.25, 0.3) is 0 Å². The molecule has 0 bridgehead atoms. The van der Waals surface area contributed by atoms with Crippen molar-refractivity contribution in [3.63, 3.8) is 0 Å². The summed E-state index contributed by atoms with van der Waals surface area (Å²) in [5.41, 5.74) is 2.50. The zero-order valence-corrected chi connectivity index (χ0v) is 16.8. The number of hydrogen-bond donors (Lipinski definition) is 1. The second-order valence-electron chi connectivity index (χ2n) is 6.63. The highest BCUT2D eigenvalue weighted by molar-refractivity contribution is 7.89. The Balaban J connectivity index is 1.77. The van der Waals surface area contributed by atoms with E-state index in [1.807, 2.05) is 30.3 Å². The molecule has 1 amide bonds. The topological polar surface area (TPSA) is 84.3 Å². The summed E-state index contributed by atoms with van der Waals surface area (Å²) in [5, 5.41) is 6.96. The predicted molar refractivity (Wildman–Crippen MR) is 108 cm³/mol. The Kier molecular flexibility index (Phi) is 5.62. The summed E-state index contributed by atoms with van der Waals surface area (Å²) >= 11 is 0. The van der Waals surface area contributed by atoms with Gasteiger partial charge < -0.3 is 5.32 Å². The normalized spacial score (nSPS) is 11.6. The summed E-state index contributed by atoms with van der Waals surface area (Å²) in [6, 6.07) is 14.6. The fourth-order valence-electron chi connectivity index (χ4n) is 2.69. The number of nitrogens with one attached hydrogen (secondary N) is 1. The van der Waals surface area contributed by atoms with Crippen molar-refractivity contribution in [1.82, 2.24) is 14.1 Å². The molecule has 0 aliphatic carbocycles. The Hall–Kier alpha value is -2.97. The lowest BCUT2D eigenvalue weighted by Gasteiger charge is -2.15. The zero-order chi connectivity index (χ0) is 20.3. The third kappa shape index (κ3) is 4.29. The maximum absolute atomic E-state index is 12.5. The minimum atomic E-state index is -3.60. The monoisotopic (exact) mass is 398 g/mol. The van der Waals surface area contributed by atoms with Gasteiger partial charge in [0.05, 0.1) is 23.2 Å².